The van der Waals surface area contributed by atoms with Crippen LogP contribution in [0, 0.1) is 5.92 Å². The molecule has 5 heteroatoms. The van der Waals surface area contributed by atoms with E-state index in [1.54, 1.807) is 0 Å². The molecule has 0 atom stereocenters. The van der Waals surface area contributed by atoms with E-state index in [4.69, 9.17) is 11.6 Å². The zero-order valence-electron chi connectivity index (χ0n) is 8.01. The number of hydrogen-bond donors (Lipinski definition) is 2. The van der Waals surface area contributed by atoms with E-state index >= 15 is 0 Å². The van der Waals surface area contributed by atoms with Crippen LogP contribution in [0.2, 0.25) is 0 Å². The first-order chi connectivity index (χ1) is 6.72. The van der Waals surface area contributed by atoms with Crippen LogP contribution in [0.4, 0.5) is 4.79 Å². The molecule has 80 valence electrons. The summed E-state index contributed by atoms with van der Waals surface area (Å²) >= 11 is 5.35. The highest BCUT2D eigenvalue weighted by atomic mass is 35.5. The lowest BCUT2D eigenvalue weighted by atomic mass is 9.85. The van der Waals surface area contributed by atoms with Gasteiger partial charge in [0.05, 0.1) is 0 Å². The smallest absolute Gasteiger partial charge is 0.321 e. The Morgan fingerprint density at radius 2 is 2.07 bits per heavy atom. The fourth-order valence-electron chi connectivity index (χ4n) is 1.25. The minimum Gasteiger partial charge on any atom is -0.338 e. The van der Waals surface area contributed by atoms with Crippen molar-refractivity contribution < 1.29 is 9.59 Å². The lowest BCUT2D eigenvalue weighted by Gasteiger charge is -2.25. The minimum absolute atomic E-state index is 0.179. The average Bonchev–Trinajstić information content (AvgIpc) is 2.01. The van der Waals surface area contributed by atoms with Crippen LogP contribution >= 0.6 is 11.6 Å². The molecule has 1 aliphatic carbocycles. The Morgan fingerprint density at radius 1 is 1.36 bits per heavy atom. The van der Waals surface area contributed by atoms with Gasteiger partial charge in [-0.15, -0.1) is 11.6 Å². The summed E-state index contributed by atoms with van der Waals surface area (Å²) in [6, 6.07) is -0.410. The molecule has 0 aromatic heterocycles. The Bertz CT molecular complexity index is 217. The third-order valence-corrected chi connectivity index (χ3v) is 2.54. The molecule has 0 bridgehead atoms. The molecule has 0 saturated heterocycles. The van der Waals surface area contributed by atoms with E-state index in [1.165, 1.54) is 19.3 Å². The number of urea groups is 1. The summed E-state index contributed by atoms with van der Waals surface area (Å²) in [7, 11) is 0. The Kier molecular flexibility index (Phi) is 4.73. The lowest BCUT2D eigenvalue weighted by molar-refractivity contribution is -0.119. The van der Waals surface area contributed by atoms with E-state index in [-0.39, 0.29) is 18.2 Å². The first-order valence-electron chi connectivity index (χ1n) is 4.86. The van der Waals surface area contributed by atoms with E-state index in [9.17, 15) is 9.59 Å². The predicted octanol–water partition coefficient (Wildman–Crippen LogP) is 1.24. The molecule has 3 amide bonds. The molecule has 4 nitrogen and oxygen atoms in total. The van der Waals surface area contributed by atoms with Crippen molar-refractivity contribution in [3.05, 3.63) is 0 Å². The maximum atomic E-state index is 11.1. The first kappa shape index (κ1) is 11.3. The fourth-order valence-corrected chi connectivity index (χ4v) is 1.42. The Morgan fingerprint density at radius 3 is 2.57 bits per heavy atom. The molecule has 0 aromatic carbocycles. The number of nitrogens with one attached hydrogen (secondary N) is 2. The second-order valence-corrected chi connectivity index (χ2v) is 3.87. The Balaban J connectivity index is 2.05. The summed E-state index contributed by atoms with van der Waals surface area (Å²) < 4.78 is 0. The third-order valence-electron chi connectivity index (χ3n) is 2.35. The summed E-state index contributed by atoms with van der Waals surface area (Å²) in [6.07, 6.45) is 3.78. The first-order valence-corrected chi connectivity index (χ1v) is 5.39. The van der Waals surface area contributed by atoms with Crippen LogP contribution < -0.4 is 10.6 Å². The largest absolute Gasteiger partial charge is 0.338 e. The number of carbonyl (C=O) groups is 2. The molecule has 0 spiro atoms. The van der Waals surface area contributed by atoms with Crippen molar-refractivity contribution in [1.82, 2.24) is 10.6 Å². The van der Waals surface area contributed by atoms with E-state index < -0.39 is 6.03 Å². The summed E-state index contributed by atoms with van der Waals surface area (Å²) in [5.74, 6) is 0.511. The van der Waals surface area contributed by atoms with Gasteiger partial charge in [0.1, 0.15) is 0 Å². The van der Waals surface area contributed by atoms with Gasteiger partial charge < -0.3 is 5.32 Å². The van der Waals surface area contributed by atoms with Crippen LogP contribution in [0.5, 0.6) is 0 Å². The quantitative estimate of drug-likeness (QED) is 0.698. The van der Waals surface area contributed by atoms with Gasteiger partial charge in [0, 0.05) is 18.8 Å². The van der Waals surface area contributed by atoms with Crippen molar-refractivity contribution in [3.63, 3.8) is 0 Å². The van der Waals surface area contributed by atoms with E-state index in [1.807, 2.05) is 0 Å². The van der Waals surface area contributed by atoms with Crippen LogP contribution in [0.15, 0.2) is 0 Å². The van der Waals surface area contributed by atoms with Gasteiger partial charge in [-0.25, -0.2) is 4.79 Å². The fraction of sp³-hybridized carbons (Fsp3) is 0.778. The van der Waals surface area contributed by atoms with E-state index in [0.29, 0.717) is 12.5 Å². The number of halogens is 1. The number of hydrogen-bond acceptors (Lipinski definition) is 2. The third kappa shape index (κ3) is 3.96. The monoisotopic (exact) mass is 218 g/mol. The second kappa shape index (κ2) is 5.86. The molecular formula is C9H15ClN2O2. The maximum Gasteiger partial charge on any atom is 0.321 e. The molecule has 0 aliphatic heterocycles. The SMILES string of the molecule is O=C(CCCl)NC(=O)NCC1CCC1. The number of rotatable bonds is 4. The summed E-state index contributed by atoms with van der Waals surface area (Å²) in [6.45, 7) is 0.667. The van der Waals surface area contributed by atoms with Crippen molar-refractivity contribution >= 4 is 23.5 Å². The van der Waals surface area contributed by atoms with Crippen LogP contribution in [-0.2, 0) is 4.79 Å². The van der Waals surface area contributed by atoms with Gasteiger partial charge in [-0.2, -0.15) is 0 Å². The molecule has 14 heavy (non-hydrogen) atoms. The summed E-state index contributed by atoms with van der Waals surface area (Å²) in [4.78, 5) is 22.0. The van der Waals surface area contributed by atoms with Gasteiger partial charge in [0.2, 0.25) is 5.91 Å². The van der Waals surface area contributed by atoms with Crippen molar-refractivity contribution in [3.8, 4) is 0 Å². The van der Waals surface area contributed by atoms with Gasteiger partial charge in [-0.1, -0.05) is 6.42 Å². The van der Waals surface area contributed by atoms with Crippen LogP contribution in [0.3, 0.4) is 0 Å². The zero-order valence-corrected chi connectivity index (χ0v) is 8.77. The normalized spacial score (nSPS) is 15.8. The molecule has 0 radical (unpaired) electrons. The zero-order chi connectivity index (χ0) is 10.4. The highest BCUT2D eigenvalue weighted by Gasteiger charge is 2.18. The van der Waals surface area contributed by atoms with E-state index in [0.717, 1.165) is 0 Å². The average molecular weight is 219 g/mol. The molecule has 0 heterocycles. The molecule has 0 aromatic rings. The molecule has 2 N–H and O–H groups in total. The van der Waals surface area contributed by atoms with Crippen molar-refractivity contribution in [2.45, 2.75) is 25.7 Å². The second-order valence-electron chi connectivity index (χ2n) is 3.49. The van der Waals surface area contributed by atoms with Gasteiger partial charge in [0.15, 0.2) is 0 Å². The predicted molar refractivity (Wildman–Crippen MR) is 54.2 cm³/mol. The number of imide groups is 1. The van der Waals surface area contributed by atoms with Crippen LogP contribution in [-0.4, -0.2) is 24.4 Å². The van der Waals surface area contributed by atoms with Gasteiger partial charge in [0.25, 0.3) is 0 Å². The molecule has 1 saturated carbocycles. The molecule has 1 rings (SSSR count). The number of alkyl halides is 1. The van der Waals surface area contributed by atoms with Crippen molar-refractivity contribution in [2.24, 2.45) is 5.92 Å². The number of carbonyl (C=O) groups excluding carboxylic acids is 2. The van der Waals surface area contributed by atoms with Crippen molar-refractivity contribution in [1.29, 1.82) is 0 Å². The maximum absolute atomic E-state index is 11.1. The minimum atomic E-state index is -0.410. The van der Waals surface area contributed by atoms with Crippen LogP contribution in [0.25, 0.3) is 0 Å². The molecular weight excluding hydrogens is 204 g/mol. The number of amides is 3. The Labute approximate surface area is 88.4 Å². The molecule has 0 unspecified atom stereocenters. The van der Waals surface area contributed by atoms with E-state index in [2.05, 4.69) is 10.6 Å². The highest BCUT2D eigenvalue weighted by molar-refractivity contribution is 6.19. The van der Waals surface area contributed by atoms with Crippen LogP contribution in [0.1, 0.15) is 25.7 Å². The van der Waals surface area contributed by atoms with Crippen molar-refractivity contribution in [2.75, 3.05) is 12.4 Å². The molecule has 1 fully saturated rings. The summed E-state index contributed by atoms with van der Waals surface area (Å²) in [5.41, 5.74) is 0. The highest BCUT2D eigenvalue weighted by Crippen LogP contribution is 2.24. The molecule has 1 aliphatic rings. The van der Waals surface area contributed by atoms with Gasteiger partial charge in [-0.3, -0.25) is 10.1 Å². The van der Waals surface area contributed by atoms with Gasteiger partial charge in [-0.05, 0) is 18.8 Å². The van der Waals surface area contributed by atoms with Gasteiger partial charge >= 0.3 is 6.03 Å². The summed E-state index contributed by atoms with van der Waals surface area (Å²) in [5, 5.41) is 4.87. The topological polar surface area (TPSA) is 58.2 Å². The Hall–Kier alpha value is -0.770. The standard InChI is InChI=1S/C9H15ClN2O2/c10-5-4-8(13)12-9(14)11-6-7-2-1-3-7/h7H,1-6H2,(H2,11,12,13,14). The lowest BCUT2D eigenvalue weighted by Crippen LogP contribution is -2.42.